The van der Waals surface area contributed by atoms with Crippen molar-refractivity contribution in [2.45, 2.75) is 0 Å². The Hall–Kier alpha value is -6.90. The standard InChI is InChI=1S/C50H34N2/c1-3-16-43(17-4-1)51(48-23-12-24-49-50(48)46-21-9-10-22-47(46)52(49)44-18-5-2-6-19-44)45-20-11-15-38(34-45)40-29-26-36-27-30-41(33-42(36)32-40)39-28-25-35-13-7-8-14-37(35)31-39/h1-34H. The topological polar surface area (TPSA) is 8.17 Å². The SMILES string of the molecule is c1ccc(N(c2cccc(-c3ccc4ccc(-c5ccc6ccccc6c5)cc4c3)c2)c2cccc3c2c2ccccc2n3-c2ccccc2)cc1. The van der Waals surface area contributed by atoms with Crippen molar-refractivity contribution in [1.29, 1.82) is 0 Å². The zero-order chi connectivity index (χ0) is 34.4. The molecule has 0 bridgehead atoms. The average molecular weight is 663 g/mol. The lowest BCUT2D eigenvalue weighted by Gasteiger charge is -2.27. The van der Waals surface area contributed by atoms with Crippen molar-refractivity contribution in [1.82, 2.24) is 4.57 Å². The zero-order valence-corrected chi connectivity index (χ0v) is 28.5. The molecule has 0 aliphatic heterocycles. The molecule has 0 unspecified atom stereocenters. The molecule has 0 atom stereocenters. The van der Waals surface area contributed by atoms with Crippen LogP contribution >= 0.6 is 0 Å². The molecular formula is C50H34N2. The summed E-state index contributed by atoms with van der Waals surface area (Å²) >= 11 is 0. The Balaban J connectivity index is 1.12. The van der Waals surface area contributed by atoms with Crippen molar-refractivity contribution >= 4 is 60.4 Å². The lowest BCUT2D eigenvalue weighted by atomic mass is 9.96. The van der Waals surface area contributed by atoms with Crippen molar-refractivity contribution in [3.63, 3.8) is 0 Å². The number of fused-ring (bicyclic) bond motifs is 5. The molecule has 2 nitrogen and oxygen atoms in total. The van der Waals surface area contributed by atoms with Gasteiger partial charge in [0.25, 0.3) is 0 Å². The van der Waals surface area contributed by atoms with Crippen LogP contribution in [0.25, 0.3) is 71.3 Å². The number of nitrogens with zero attached hydrogens (tertiary/aromatic N) is 2. The van der Waals surface area contributed by atoms with Gasteiger partial charge in [0, 0.05) is 27.8 Å². The van der Waals surface area contributed by atoms with Crippen LogP contribution in [0.4, 0.5) is 17.1 Å². The Morgan fingerprint density at radius 1 is 0.327 bits per heavy atom. The summed E-state index contributed by atoms with van der Waals surface area (Å²) in [6.45, 7) is 0. The van der Waals surface area contributed by atoms with E-state index in [1.54, 1.807) is 0 Å². The molecule has 0 aliphatic carbocycles. The van der Waals surface area contributed by atoms with Gasteiger partial charge in [-0.05, 0) is 117 Å². The van der Waals surface area contributed by atoms with E-state index in [-0.39, 0.29) is 0 Å². The first-order valence-electron chi connectivity index (χ1n) is 17.8. The summed E-state index contributed by atoms with van der Waals surface area (Å²) in [5.41, 5.74) is 11.7. The average Bonchev–Trinajstić information content (AvgIpc) is 3.56. The van der Waals surface area contributed by atoms with Gasteiger partial charge in [0.2, 0.25) is 0 Å². The van der Waals surface area contributed by atoms with E-state index >= 15 is 0 Å². The van der Waals surface area contributed by atoms with Gasteiger partial charge in [-0.15, -0.1) is 0 Å². The highest BCUT2D eigenvalue weighted by atomic mass is 15.1. The molecule has 0 spiro atoms. The number of aromatic nitrogens is 1. The first-order chi connectivity index (χ1) is 25.8. The van der Waals surface area contributed by atoms with Crippen LogP contribution < -0.4 is 4.90 Å². The maximum absolute atomic E-state index is 2.41. The Morgan fingerprint density at radius 3 is 1.62 bits per heavy atom. The Kier molecular flexibility index (Phi) is 7.18. The van der Waals surface area contributed by atoms with Gasteiger partial charge in [0.05, 0.1) is 16.7 Å². The van der Waals surface area contributed by atoms with Crippen molar-refractivity contribution in [3.8, 4) is 27.9 Å². The highest BCUT2D eigenvalue weighted by molar-refractivity contribution is 6.16. The van der Waals surface area contributed by atoms with Gasteiger partial charge in [0.15, 0.2) is 0 Å². The number of rotatable bonds is 6. The molecule has 0 saturated heterocycles. The minimum absolute atomic E-state index is 1.11. The van der Waals surface area contributed by atoms with E-state index in [1.165, 1.54) is 65.6 Å². The van der Waals surface area contributed by atoms with Gasteiger partial charge in [-0.25, -0.2) is 0 Å². The second kappa shape index (κ2) is 12.5. The fourth-order valence-corrected chi connectivity index (χ4v) is 7.85. The van der Waals surface area contributed by atoms with Crippen LogP contribution in [0.5, 0.6) is 0 Å². The molecule has 244 valence electrons. The predicted molar refractivity (Wildman–Crippen MR) is 221 cm³/mol. The molecule has 0 N–H and O–H groups in total. The summed E-state index contributed by atoms with van der Waals surface area (Å²) in [5.74, 6) is 0. The van der Waals surface area contributed by atoms with E-state index in [9.17, 15) is 0 Å². The van der Waals surface area contributed by atoms with Gasteiger partial charge in [0.1, 0.15) is 0 Å². The monoisotopic (exact) mass is 662 g/mol. The molecule has 1 aromatic heterocycles. The van der Waals surface area contributed by atoms with E-state index in [4.69, 9.17) is 0 Å². The third-order valence-electron chi connectivity index (χ3n) is 10.3. The summed E-state index contributed by atoms with van der Waals surface area (Å²) in [5, 5.41) is 7.43. The summed E-state index contributed by atoms with van der Waals surface area (Å²) in [4.78, 5) is 2.41. The molecule has 0 amide bonds. The van der Waals surface area contributed by atoms with Crippen LogP contribution in [0, 0.1) is 0 Å². The molecule has 0 aliphatic rings. The molecule has 1 heterocycles. The second-order valence-corrected chi connectivity index (χ2v) is 13.4. The summed E-state index contributed by atoms with van der Waals surface area (Å²) in [6, 6.07) is 74.7. The molecule has 0 radical (unpaired) electrons. The second-order valence-electron chi connectivity index (χ2n) is 13.4. The van der Waals surface area contributed by atoms with E-state index in [1.807, 2.05) is 0 Å². The van der Waals surface area contributed by atoms with Crippen LogP contribution in [0.1, 0.15) is 0 Å². The summed E-state index contributed by atoms with van der Waals surface area (Å²) in [6.07, 6.45) is 0. The van der Waals surface area contributed by atoms with Crippen LogP contribution in [-0.4, -0.2) is 4.57 Å². The van der Waals surface area contributed by atoms with Crippen LogP contribution in [-0.2, 0) is 0 Å². The van der Waals surface area contributed by atoms with Crippen LogP contribution in [0.15, 0.2) is 206 Å². The molecule has 0 saturated carbocycles. The van der Waals surface area contributed by atoms with Crippen molar-refractivity contribution < 1.29 is 0 Å². The molecule has 0 fully saturated rings. The number of benzene rings is 9. The summed E-state index contributed by atoms with van der Waals surface area (Å²) < 4.78 is 2.38. The van der Waals surface area contributed by atoms with Crippen LogP contribution in [0.2, 0.25) is 0 Å². The van der Waals surface area contributed by atoms with Gasteiger partial charge in [-0.2, -0.15) is 0 Å². The number of para-hydroxylation sites is 3. The minimum Gasteiger partial charge on any atom is -0.310 e. The lowest BCUT2D eigenvalue weighted by molar-refractivity contribution is 1.18. The Bertz CT molecular complexity index is 2900. The Labute approximate surface area is 303 Å². The fraction of sp³-hybridized carbons (Fsp3) is 0. The normalized spacial score (nSPS) is 11.5. The molecule has 10 aromatic rings. The fourth-order valence-electron chi connectivity index (χ4n) is 7.85. The first-order valence-corrected chi connectivity index (χ1v) is 17.8. The zero-order valence-electron chi connectivity index (χ0n) is 28.5. The van der Waals surface area contributed by atoms with Gasteiger partial charge in [-0.3, -0.25) is 0 Å². The quantitative estimate of drug-likeness (QED) is 0.172. The minimum atomic E-state index is 1.11. The van der Waals surface area contributed by atoms with E-state index < -0.39 is 0 Å². The van der Waals surface area contributed by atoms with Crippen LogP contribution in [0.3, 0.4) is 0 Å². The first kappa shape index (κ1) is 30.0. The van der Waals surface area contributed by atoms with E-state index in [0.29, 0.717) is 0 Å². The number of anilines is 3. The molecular weight excluding hydrogens is 629 g/mol. The predicted octanol–water partition coefficient (Wildman–Crippen LogP) is 13.9. The molecule has 10 rings (SSSR count). The molecule has 52 heavy (non-hydrogen) atoms. The molecule has 9 aromatic carbocycles. The summed E-state index contributed by atoms with van der Waals surface area (Å²) in [7, 11) is 0. The van der Waals surface area contributed by atoms with Gasteiger partial charge >= 0.3 is 0 Å². The van der Waals surface area contributed by atoms with Crippen molar-refractivity contribution in [2.24, 2.45) is 0 Å². The maximum atomic E-state index is 2.41. The smallest absolute Gasteiger partial charge is 0.0562 e. The van der Waals surface area contributed by atoms with Gasteiger partial charge < -0.3 is 9.47 Å². The lowest BCUT2D eigenvalue weighted by Crippen LogP contribution is -2.10. The molecule has 2 heteroatoms. The van der Waals surface area contributed by atoms with E-state index in [0.717, 1.165) is 22.7 Å². The van der Waals surface area contributed by atoms with Crippen molar-refractivity contribution in [2.75, 3.05) is 4.90 Å². The van der Waals surface area contributed by atoms with E-state index in [2.05, 4.69) is 216 Å². The maximum Gasteiger partial charge on any atom is 0.0562 e. The highest BCUT2D eigenvalue weighted by Gasteiger charge is 2.21. The largest absolute Gasteiger partial charge is 0.310 e. The number of hydrogen-bond acceptors (Lipinski definition) is 1. The Morgan fingerprint density at radius 2 is 0.865 bits per heavy atom. The third kappa shape index (κ3) is 5.12. The number of hydrogen-bond donors (Lipinski definition) is 0. The third-order valence-corrected chi connectivity index (χ3v) is 10.3. The van der Waals surface area contributed by atoms with Crippen molar-refractivity contribution in [3.05, 3.63) is 206 Å². The van der Waals surface area contributed by atoms with Gasteiger partial charge in [-0.1, -0.05) is 133 Å². The highest BCUT2D eigenvalue weighted by Crippen LogP contribution is 2.44.